The van der Waals surface area contributed by atoms with E-state index in [0.29, 0.717) is 31.2 Å². The number of nitrogens with zero attached hydrogens (tertiary/aromatic N) is 4. The molecule has 36 heavy (non-hydrogen) atoms. The van der Waals surface area contributed by atoms with Gasteiger partial charge in [0.05, 0.1) is 36.3 Å². The summed E-state index contributed by atoms with van der Waals surface area (Å²) in [6.07, 6.45) is 2.00. The Morgan fingerprint density at radius 3 is 2.75 bits per heavy atom. The maximum atomic E-state index is 14.0. The van der Waals surface area contributed by atoms with Crippen molar-refractivity contribution < 1.29 is 29.0 Å². The first-order chi connectivity index (χ1) is 17.4. The van der Waals surface area contributed by atoms with E-state index in [-0.39, 0.29) is 25.8 Å². The number of amides is 2. The predicted molar refractivity (Wildman–Crippen MR) is 127 cm³/mol. The minimum absolute atomic E-state index is 0.0504. The number of para-hydroxylation sites is 1. The van der Waals surface area contributed by atoms with Crippen LogP contribution in [0, 0.1) is 11.8 Å². The summed E-state index contributed by atoms with van der Waals surface area (Å²) in [5, 5.41) is 21.3. The quantitative estimate of drug-likeness (QED) is 0.488. The lowest BCUT2D eigenvalue weighted by molar-refractivity contribution is -0.162. The smallest absolute Gasteiger partial charge is 0.312 e. The molecule has 5 rings (SSSR count). The molecule has 2 amide bonds. The molecule has 194 valence electrons. The maximum absolute atomic E-state index is 14.0. The number of likely N-dealkylation sites (tertiary alicyclic amines) is 1. The summed E-state index contributed by atoms with van der Waals surface area (Å²) < 4.78 is 13.6. The number of nitrogens with one attached hydrogen (secondary N) is 1. The van der Waals surface area contributed by atoms with Crippen molar-refractivity contribution in [3.63, 3.8) is 0 Å². The summed E-state index contributed by atoms with van der Waals surface area (Å²) >= 11 is 0. The van der Waals surface area contributed by atoms with Crippen molar-refractivity contribution in [3.05, 3.63) is 24.3 Å². The van der Waals surface area contributed by atoms with Crippen LogP contribution in [0.3, 0.4) is 0 Å². The minimum atomic E-state index is -1.17. The van der Waals surface area contributed by atoms with E-state index in [1.54, 1.807) is 11.6 Å². The van der Waals surface area contributed by atoms with Crippen LogP contribution in [0.25, 0.3) is 11.0 Å². The lowest BCUT2D eigenvalue weighted by Crippen LogP contribution is -2.58. The number of hydrogen-bond acceptors (Lipinski definition) is 8. The van der Waals surface area contributed by atoms with Crippen molar-refractivity contribution in [2.75, 3.05) is 13.2 Å². The molecule has 0 saturated carbocycles. The Bertz CT molecular complexity index is 1180. The molecule has 3 aliphatic rings. The van der Waals surface area contributed by atoms with Gasteiger partial charge in [0.2, 0.25) is 11.8 Å². The van der Waals surface area contributed by atoms with E-state index in [9.17, 15) is 19.5 Å². The Balaban J connectivity index is 1.51. The zero-order chi connectivity index (χ0) is 25.7. The minimum Gasteiger partial charge on any atom is -0.466 e. The molecule has 11 heteroatoms. The van der Waals surface area contributed by atoms with E-state index in [0.717, 1.165) is 5.52 Å². The lowest BCUT2D eigenvalue weighted by atomic mass is 9.65. The van der Waals surface area contributed by atoms with Crippen molar-refractivity contribution in [2.45, 2.75) is 76.4 Å². The van der Waals surface area contributed by atoms with Crippen LogP contribution in [0.1, 0.15) is 46.5 Å². The highest BCUT2D eigenvalue weighted by atomic mass is 16.6. The van der Waals surface area contributed by atoms with Crippen LogP contribution in [0.5, 0.6) is 0 Å². The number of ether oxygens (including phenoxy) is 2. The second-order valence-corrected chi connectivity index (χ2v) is 9.85. The first kappa shape index (κ1) is 24.6. The average molecular weight is 500 g/mol. The van der Waals surface area contributed by atoms with E-state index >= 15 is 0 Å². The molecule has 11 nitrogen and oxygen atoms in total. The van der Waals surface area contributed by atoms with Crippen LogP contribution >= 0.6 is 0 Å². The van der Waals surface area contributed by atoms with Gasteiger partial charge in [-0.15, -0.1) is 5.10 Å². The van der Waals surface area contributed by atoms with Gasteiger partial charge < -0.3 is 24.8 Å². The van der Waals surface area contributed by atoms with Crippen molar-refractivity contribution >= 4 is 28.8 Å². The number of aliphatic hydroxyl groups is 1. The molecule has 1 spiro atoms. The van der Waals surface area contributed by atoms with Gasteiger partial charge in [-0.2, -0.15) is 0 Å². The van der Waals surface area contributed by atoms with Crippen LogP contribution in [-0.4, -0.2) is 79.3 Å². The third-order valence-corrected chi connectivity index (χ3v) is 8.31. The van der Waals surface area contributed by atoms with Crippen LogP contribution in [0.4, 0.5) is 0 Å². The van der Waals surface area contributed by atoms with Crippen LogP contribution in [0.2, 0.25) is 0 Å². The van der Waals surface area contributed by atoms with Crippen LogP contribution in [-0.2, 0) is 30.5 Å². The highest BCUT2D eigenvalue weighted by molar-refractivity contribution is 5.98. The number of aliphatic hydroxyl groups excluding tert-OH is 1. The van der Waals surface area contributed by atoms with Gasteiger partial charge in [-0.3, -0.25) is 14.4 Å². The van der Waals surface area contributed by atoms with E-state index in [1.165, 1.54) is 4.90 Å². The summed E-state index contributed by atoms with van der Waals surface area (Å²) in [6, 6.07) is 5.84. The van der Waals surface area contributed by atoms with Gasteiger partial charge >= 0.3 is 5.97 Å². The highest BCUT2D eigenvalue weighted by Crippen LogP contribution is 2.64. The largest absolute Gasteiger partial charge is 0.466 e. The number of fused-ring (bicyclic) bond motifs is 2. The molecular weight excluding hydrogens is 466 g/mol. The summed E-state index contributed by atoms with van der Waals surface area (Å²) in [5.74, 6) is -2.84. The number of esters is 1. The molecule has 2 bridgehead atoms. The molecule has 6 atom stereocenters. The molecule has 2 aromatic rings. The number of aromatic nitrogens is 3. The molecule has 2 unspecified atom stereocenters. The molecule has 1 aromatic heterocycles. The third-order valence-electron chi connectivity index (χ3n) is 8.31. The molecule has 1 aromatic carbocycles. The van der Waals surface area contributed by atoms with Gasteiger partial charge in [0.15, 0.2) is 0 Å². The fourth-order valence-corrected chi connectivity index (χ4v) is 6.64. The topological polar surface area (TPSA) is 136 Å². The molecule has 3 fully saturated rings. The van der Waals surface area contributed by atoms with E-state index < -0.39 is 47.0 Å². The van der Waals surface area contributed by atoms with Gasteiger partial charge in [-0.25, -0.2) is 4.68 Å². The third kappa shape index (κ3) is 3.36. The Kier molecular flexibility index (Phi) is 6.24. The molecule has 3 aliphatic heterocycles. The fraction of sp³-hybridized carbons (Fsp3) is 0.640. The van der Waals surface area contributed by atoms with Gasteiger partial charge in [-0.1, -0.05) is 31.2 Å². The Morgan fingerprint density at radius 2 is 2.06 bits per heavy atom. The Hall–Kier alpha value is -3.05. The summed E-state index contributed by atoms with van der Waals surface area (Å²) in [5.41, 5.74) is -0.545. The van der Waals surface area contributed by atoms with Crippen molar-refractivity contribution in [1.82, 2.24) is 25.2 Å². The van der Waals surface area contributed by atoms with Crippen molar-refractivity contribution in [1.29, 1.82) is 0 Å². The summed E-state index contributed by atoms with van der Waals surface area (Å²) in [4.78, 5) is 42.4. The summed E-state index contributed by atoms with van der Waals surface area (Å²) in [6.45, 7) is 5.45. The molecular formula is C25H33N5O6. The lowest BCUT2D eigenvalue weighted by Gasteiger charge is -2.37. The SMILES string of the molecule is CCOC(=O)[C@H]1[C@H]2C(=O)N([C@@H](CC)CO)C(C(=O)NCn3nnc4ccccc43)C23CC[C@]1(CC)O3. The zero-order valence-electron chi connectivity index (χ0n) is 20.8. The average Bonchev–Trinajstić information content (AvgIpc) is 3.61. The summed E-state index contributed by atoms with van der Waals surface area (Å²) in [7, 11) is 0. The van der Waals surface area contributed by atoms with Gasteiger partial charge in [-0.05, 0) is 44.7 Å². The first-order valence-electron chi connectivity index (χ1n) is 12.7. The standard InChI is InChI=1S/C25H33N5O6/c1-4-15(13-31)30-20(21(32)26-14-29-17-10-8-7-9-16(17)27-28-29)25-12-11-24(5-2,36-25)19(18(25)22(30)33)23(34)35-6-3/h7-10,15,18-20,31H,4-6,11-14H2,1-3H3,(H,26,32)/t15-,18-,19+,20?,24-,25?/m0/s1. The van der Waals surface area contributed by atoms with Crippen molar-refractivity contribution in [2.24, 2.45) is 11.8 Å². The number of carbonyl (C=O) groups is 3. The van der Waals surface area contributed by atoms with E-state index in [1.807, 2.05) is 38.1 Å². The van der Waals surface area contributed by atoms with Crippen molar-refractivity contribution in [3.8, 4) is 0 Å². The number of benzene rings is 1. The van der Waals surface area contributed by atoms with Gasteiger partial charge in [0.1, 0.15) is 29.7 Å². The Morgan fingerprint density at radius 1 is 1.28 bits per heavy atom. The maximum Gasteiger partial charge on any atom is 0.312 e. The zero-order valence-corrected chi connectivity index (χ0v) is 20.8. The van der Waals surface area contributed by atoms with E-state index in [2.05, 4.69) is 15.6 Å². The molecule has 0 aliphatic carbocycles. The number of carbonyl (C=O) groups excluding carboxylic acids is 3. The van der Waals surface area contributed by atoms with Crippen LogP contribution < -0.4 is 5.32 Å². The molecule has 4 heterocycles. The second-order valence-electron chi connectivity index (χ2n) is 9.85. The van der Waals surface area contributed by atoms with Crippen LogP contribution in [0.15, 0.2) is 24.3 Å². The van der Waals surface area contributed by atoms with Gasteiger partial charge in [0.25, 0.3) is 0 Å². The first-order valence-corrected chi connectivity index (χ1v) is 12.7. The molecule has 3 saturated heterocycles. The fourth-order valence-electron chi connectivity index (χ4n) is 6.64. The second kappa shape index (κ2) is 9.11. The molecule has 2 N–H and O–H groups in total. The molecule has 0 radical (unpaired) electrons. The van der Waals surface area contributed by atoms with Gasteiger partial charge in [0, 0.05) is 0 Å². The highest BCUT2D eigenvalue weighted by Gasteiger charge is 2.79. The predicted octanol–water partition coefficient (Wildman–Crippen LogP) is 0.994. The Labute approximate surface area is 209 Å². The number of rotatable bonds is 9. The monoisotopic (exact) mass is 499 g/mol. The normalized spacial score (nSPS) is 31.6. The number of hydrogen-bond donors (Lipinski definition) is 2. The van der Waals surface area contributed by atoms with E-state index in [4.69, 9.17) is 9.47 Å².